The molecule has 2 unspecified atom stereocenters. The summed E-state index contributed by atoms with van der Waals surface area (Å²) in [4.78, 5) is 72.6. The molecule has 0 aliphatic carbocycles. The summed E-state index contributed by atoms with van der Waals surface area (Å²) in [5.41, 5.74) is 0. The summed E-state index contributed by atoms with van der Waals surface area (Å²) in [5.74, 6) is -0.518. The van der Waals surface area contributed by atoms with Crippen LogP contribution in [0.2, 0.25) is 0 Å². The number of aliphatic hydroxyl groups excluding tert-OH is 1. The van der Waals surface area contributed by atoms with Gasteiger partial charge in [-0.3, -0.25) is 37.3 Å². The first kappa shape index (κ1) is 91.1. The number of hydrogen-bond donors (Lipinski definition) is 3. The molecule has 17 nitrogen and oxygen atoms in total. The second-order valence-electron chi connectivity index (χ2n) is 27.6. The fraction of sp³-hybridized carbons (Fsp3) is 0.946. The Morgan fingerprint density at radius 2 is 0.495 bits per heavy atom. The van der Waals surface area contributed by atoms with E-state index in [1.165, 1.54) is 199 Å². The first-order valence-electron chi connectivity index (χ1n) is 38.5. The van der Waals surface area contributed by atoms with Gasteiger partial charge in [0, 0.05) is 25.7 Å². The molecule has 0 aromatic carbocycles. The van der Waals surface area contributed by atoms with E-state index in [4.69, 9.17) is 37.0 Å². The van der Waals surface area contributed by atoms with E-state index in [9.17, 15) is 43.2 Å². The largest absolute Gasteiger partial charge is 0.472 e. The molecule has 0 spiro atoms. The standard InChI is InChI=1S/C74H144O17P2/c1-7-9-11-13-15-30-38-44-50-56-71(76)84-62-69(90-73(78)58-52-46-40-31-16-14-12-10-8-2)64-88-92(80,81)86-60-68(75)61-87-93(82,83)89-65-70(63-85-72(77)57-51-45-39-34-28-24-21-20-23-27-33-37-43-49-55-67(5)6)91-74(79)59-53-47-41-35-29-25-19-17-18-22-26-32-36-42-48-54-66(3)4/h66-70,75H,7-65H2,1-6H3,(H,80,81)(H,82,83)/t68-,69+,70+/m0/s1. The number of carbonyl (C=O) groups excluding carboxylic acids is 4. The van der Waals surface area contributed by atoms with E-state index in [0.717, 1.165) is 102 Å². The van der Waals surface area contributed by atoms with Crippen molar-refractivity contribution in [3.8, 4) is 0 Å². The highest BCUT2D eigenvalue weighted by Gasteiger charge is 2.30. The zero-order valence-electron chi connectivity index (χ0n) is 60.6. The van der Waals surface area contributed by atoms with Crippen LogP contribution in [-0.2, 0) is 65.4 Å². The third kappa shape index (κ3) is 68.4. The van der Waals surface area contributed by atoms with Crippen molar-refractivity contribution in [2.75, 3.05) is 39.6 Å². The molecule has 19 heteroatoms. The Bertz CT molecular complexity index is 1800. The van der Waals surface area contributed by atoms with Crippen LogP contribution >= 0.6 is 15.6 Å². The molecule has 93 heavy (non-hydrogen) atoms. The lowest BCUT2D eigenvalue weighted by molar-refractivity contribution is -0.161. The van der Waals surface area contributed by atoms with Crippen molar-refractivity contribution in [1.29, 1.82) is 0 Å². The monoisotopic (exact) mass is 1370 g/mol. The molecule has 552 valence electrons. The normalized spacial score (nSPS) is 14.1. The van der Waals surface area contributed by atoms with Gasteiger partial charge in [0.1, 0.15) is 19.3 Å². The Balaban J connectivity index is 5.19. The maximum Gasteiger partial charge on any atom is 0.472 e. The molecule has 0 bridgehead atoms. The van der Waals surface area contributed by atoms with Gasteiger partial charge in [0.25, 0.3) is 0 Å². The number of phosphoric acid groups is 2. The van der Waals surface area contributed by atoms with Gasteiger partial charge in [0.15, 0.2) is 12.2 Å². The lowest BCUT2D eigenvalue weighted by atomic mass is 10.0. The third-order valence-electron chi connectivity index (χ3n) is 17.2. The van der Waals surface area contributed by atoms with Gasteiger partial charge in [-0.15, -0.1) is 0 Å². The van der Waals surface area contributed by atoms with Crippen LogP contribution in [0.1, 0.15) is 382 Å². The second kappa shape index (κ2) is 66.0. The molecule has 0 aromatic rings. The summed E-state index contributed by atoms with van der Waals surface area (Å²) in [5, 5.41) is 10.6. The number of hydrogen-bond acceptors (Lipinski definition) is 15. The highest BCUT2D eigenvalue weighted by molar-refractivity contribution is 7.47. The van der Waals surface area contributed by atoms with E-state index in [1.54, 1.807) is 0 Å². The van der Waals surface area contributed by atoms with Crippen LogP contribution in [-0.4, -0.2) is 96.7 Å². The summed E-state index contributed by atoms with van der Waals surface area (Å²) in [7, 11) is -9.90. The van der Waals surface area contributed by atoms with Crippen LogP contribution in [0.4, 0.5) is 0 Å². The molecule has 0 amide bonds. The van der Waals surface area contributed by atoms with Gasteiger partial charge >= 0.3 is 39.5 Å². The van der Waals surface area contributed by atoms with E-state index in [2.05, 4.69) is 41.5 Å². The van der Waals surface area contributed by atoms with Crippen LogP contribution in [0.15, 0.2) is 0 Å². The SMILES string of the molecule is CCCCCCCCCCCC(=O)OC[C@H](COP(=O)(O)OC[C@H](O)COP(=O)(O)OC[C@@H](COC(=O)CCCCCCCCCCCCCCCCC(C)C)OC(=O)CCCCCCCCCCCCCCCCCC(C)C)OC(=O)CCCCCCCCCCC. The Kier molecular flexibility index (Phi) is 64.6. The van der Waals surface area contributed by atoms with Crippen molar-refractivity contribution in [2.45, 2.75) is 400 Å². The Morgan fingerprint density at radius 1 is 0.290 bits per heavy atom. The van der Waals surface area contributed by atoms with Crippen LogP contribution in [0.25, 0.3) is 0 Å². The minimum absolute atomic E-state index is 0.106. The summed E-state index contributed by atoms with van der Waals surface area (Å²) in [6.07, 6.45) is 52.7. The zero-order valence-corrected chi connectivity index (χ0v) is 62.3. The molecule has 0 fully saturated rings. The summed E-state index contributed by atoms with van der Waals surface area (Å²) < 4.78 is 68.3. The van der Waals surface area contributed by atoms with Crippen LogP contribution < -0.4 is 0 Å². The number of esters is 4. The van der Waals surface area contributed by atoms with E-state index in [0.29, 0.717) is 25.7 Å². The Hall–Kier alpha value is -1.94. The molecule has 0 aromatic heterocycles. The highest BCUT2D eigenvalue weighted by Crippen LogP contribution is 2.45. The van der Waals surface area contributed by atoms with Gasteiger partial charge in [0.2, 0.25) is 0 Å². The first-order valence-corrected chi connectivity index (χ1v) is 41.5. The maximum absolute atomic E-state index is 13.1. The average Bonchev–Trinajstić information content (AvgIpc) is 2.23. The number of ether oxygens (including phenoxy) is 4. The maximum atomic E-state index is 13.1. The van der Waals surface area contributed by atoms with E-state index in [-0.39, 0.29) is 25.7 Å². The number of aliphatic hydroxyl groups is 1. The van der Waals surface area contributed by atoms with Crippen molar-refractivity contribution >= 4 is 39.5 Å². The zero-order chi connectivity index (χ0) is 68.6. The summed E-state index contributed by atoms with van der Waals surface area (Å²) in [6, 6.07) is 0. The van der Waals surface area contributed by atoms with E-state index >= 15 is 0 Å². The average molecular weight is 1370 g/mol. The Labute approximate surface area is 568 Å². The predicted octanol–water partition coefficient (Wildman–Crippen LogP) is 21.6. The third-order valence-corrected chi connectivity index (χ3v) is 19.1. The van der Waals surface area contributed by atoms with Crippen LogP contribution in [0.5, 0.6) is 0 Å². The molecule has 0 aliphatic rings. The smallest absolute Gasteiger partial charge is 0.462 e. The highest BCUT2D eigenvalue weighted by atomic mass is 31.2. The van der Waals surface area contributed by atoms with Gasteiger partial charge in [0.05, 0.1) is 26.4 Å². The molecule has 0 aliphatic heterocycles. The van der Waals surface area contributed by atoms with Crippen molar-refractivity contribution < 1.29 is 80.2 Å². The number of carbonyl (C=O) groups is 4. The molecule has 0 rings (SSSR count). The molecular weight excluding hydrogens is 1220 g/mol. The summed E-state index contributed by atoms with van der Waals surface area (Å²) >= 11 is 0. The van der Waals surface area contributed by atoms with Gasteiger partial charge in [-0.25, -0.2) is 9.13 Å². The van der Waals surface area contributed by atoms with Crippen LogP contribution in [0.3, 0.4) is 0 Å². The van der Waals surface area contributed by atoms with E-state index < -0.39 is 97.5 Å². The second-order valence-corrected chi connectivity index (χ2v) is 30.5. The first-order chi connectivity index (χ1) is 44.9. The summed E-state index contributed by atoms with van der Waals surface area (Å²) in [6.45, 7) is 9.60. The number of unbranched alkanes of at least 4 members (excludes halogenated alkanes) is 43. The van der Waals surface area contributed by atoms with Gasteiger partial charge < -0.3 is 33.8 Å². The Morgan fingerprint density at radius 3 is 0.731 bits per heavy atom. The van der Waals surface area contributed by atoms with Gasteiger partial charge in [-0.05, 0) is 37.5 Å². The number of phosphoric ester groups is 2. The van der Waals surface area contributed by atoms with Gasteiger partial charge in [-0.2, -0.15) is 0 Å². The number of rotatable bonds is 73. The molecule has 0 heterocycles. The van der Waals surface area contributed by atoms with E-state index in [1.807, 2.05) is 0 Å². The lowest BCUT2D eigenvalue weighted by Crippen LogP contribution is -2.30. The molecule has 0 saturated heterocycles. The molecule has 0 saturated carbocycles. The quantitative estimate of drug-likeness (QED) is 0.0222. The lowest BCUT2D eigenvalue weighted by Gasteiger charge is -2.21. The van der Waals surface area contributed by atoms with Gasteiger partial charge in [-0.1, -0.05) is 330 Å². The van der Waals surface area contributed by atoms with Crippen molar-refractivity contribution in [2.24, 2.45) is 11.8 Å². The molecule has 3 N–H and O–H groups in total. The fourth-order valence-corrected chi connectivity index (χ4v) is 12.9. The van der Waals surface area contributed by atoms with Crippen LogP contribution in [0, 0.1) is 11.8 Å². The van der Waals surface area contributed by atoms with Crippen molar-refractivity contribution in [1.82, 2.24) is 0 Å². The van der Waals surface area contributed by atoms with Crippen molar-refractivity contribution in [3.63, 3.8) is 0 Å². The molecule has 5 atom stereocenters. The van der Waals surface area contributed by atoms with Crippen molar-refractivity contribution in [3.05, 3.63) is 0 Å². The predicted molar refractivity (Wildman–Crippen MR) is 377 cm³/mol. The fourth-order valence-electron chi connectivity index (χ4n) is 11.3. The molecule has 0 radical (unpaired) electrons. The minimum atomic E-state index is -4.95. The topological polar surface area (TPSA) is 237 Å². The minimum Gasteiger partial charge on any atom is -0.462 e. The molecular formula is C74H144O17P2.